The number of anilines is 1. The summed E-state index contributed by atoms with van der Waals surface area (Å²) < 4.78 is 0. The molecule has 0 aromatic carbocycles. The van der Waals surface area contributed by atoms with Crippen LogP contribution in [0.3, 0.4) is 0 Å². The van der Waals surface area contributed by atoms with Crippen molar-refractivity contribution in [1.29, 1.82) is 0 Å². The molecule has 2 aromatic rings. The highest BCUT2D eigenvalue weighted by Gasteiger charge is 2.33. The van der Waals surface area contributed by atoms with E-state index in [-0.39, 0.29) is 0 Å². The molecular formula is C16H22N4S. The first kappa shape index (κ1) is 13.5. The van der Waals surface area contributed by atoms with E-state index >= 15 is 0 Å². The van der Waals surface area contributed by atoms with Crippen molar-refractivity contribution in [2.75, 3.05) is 24.5 Å². The fourth-order valence-electron chi connectivity index (χ4n) is 3.35. The molecule has 5 heteroatoms. The number of rotatable bonds is 4. The third-order valence-corrected chi connectivity index (χ3v) is 5.50. The topological polar surface area (TPSA) is 41.0 Å². The number of thiophene rings is 1. The number of nitrogens with one attached hydrogen (secondary N) is 1. The van der Waals surface area contributed by atoms with Crippen LogP contribution in [0, 0.1) is 12.8 Å². The quantitative estimate of drug-likeness (QED) is 0.943. The van der Waals surface area contributed by atoms with Gasteiger partial charge in [-0.3, -0.25) is 0 Å². The van der Waals surface area contributed by atoms with Crippen LogP contribution in [0.4, 0.5) is 5.82 Å². The van der Waals surface area contributed by atoms with E-state index in [2.05, 4.69) is 33.2 Å². The summed E-state index contributed by atoms with van der Waals surface area (Å²) in [5.41, 5.74) is 0. The molecule has 2 aromatic heterocycles. The highest BCUT2D eigenvalue weighted by atomic mass is 32.1. The van der Waals surface area contributed by atoms with Crippen LogP contribution >= 0.6 is 11.3 Å². The predicted octanol–water partition coefficient (Wildman–Crippen LogP) is 2.97. The van der Waals surface area contributed by atoms with E-state index in [0.717, 1.165) is 29.7 Å². The first-order chi connectivity index (χ1) is 10.3. The minimum atomic E-state index is 0.699. The third-order valence-electron chi connectivity index (χ3n) is 4.55. The van der Waals surface area contributed by atoms with Crippen LogP contribution in [-0.4, -0.2) is 35.6 Å². The minimum absolute atomic E-state index is 0.699. The lowest BCUT2D eigenvalue weighted by molar-refractivity contribution is 0.375. The maximum absolute atomic E-state index is 4.65. The fraction of sp³-hybridized carbons (Fsp3) is 0.625. The van der Waals surface area contributed by atoms with Crippen molar-refractivity contribution in [2.45, 2.75) is 38.6 Å². The number of aryl methyl sites for hydroxylation is 1. The molecule has 2 aliphatic rings. The van der Waals surface area contributed by atoms with Gasteiger partial charge >= 0.3 is 0 Å². The molecule has 1 N–H and O–H groups in total. The summed E-state index contributed by atoms with van der Waals surface area (Å²) in [6, 6.07) is 2.95. The molecule has 1 atom stereocenters. The van der Waals surface area contributed by atoms with Crippen molar-refractivity contribution in [3.05, 3.63) is 17.3 Å². The van der Waals surface area contributed by atoms with Crippen LogP contribution in [0.2, 0.25) is 0 Å². The van der Waals surface area contributed by atoms with Crippen molar-refractivity contribution in [2.24, 2.45) is 5.92 Å². The van der Waals surface area contributed by atoms with Crippen LogP contribution in [0.15, 0.2) is 12.4 Å². The SMILES string of the molecule is Cc1cc2c(N(CC3CCCNC3)C3CC3)ncnc2s1. The van der Waals surface area contributed by atoms with Gasteiger partial charge in [-0.1, -0.05) is 0 Å². The Bertz CT molecular complexity index is 628. The zero-order chi connectivity index (χ0) is 14.2. The molecule has 4 rings (SSSR count). The van der Waals surface area contributed by atoms with Crippen LogP contribution in [0.25, 0.3) is 10.2 Å². The number of piperidine rings is 1. The van der Waals surface area contributed by atoms with Crippen molar-refractivity contribution in [3.63, 3.8) is 0 Å². The Kier molecular flexibility index (Phi) is 3.55. The van der Waals surface area contributed by atoms with Gasteiger partial charge in [0.05, 0.1) is 5.39 Å². The molecule has 0 radical (unpaired) electrons. The largest absolute Gasteiger partial charge is 0.353 e. The molecule has 2 fully saturated rings. The summed E-state index contributed by atoms with van der Waals surface area (Å²) in [4.78, 5) is 14.1. The maximum atomic E-state index is 4.65. The van der Waals surface area contributed by atoms with Gasteiger partial charge in [0.25, 0.3) is 0 Å². The number of hydrogen-bond acceptors (Lipinski definition) is 5. The van der Waals surface area contributed by atoms with Gasteiger partial charge in [-0.2, -0.15) is 0 Å². The lowest BCUT2D eigenvalue weighted by Gasteiger charge is -2.31. The standard InChI is InChI=1S/C16H22N4S/c1-11-7-14-15(18-10-19-16(14)21-11)20(13-4-5-13)9-12-3-2-6-17-8-12/h7,10,12-13,17H,2-6,8-9H2,1H3. The summed E-state index contributed by atoms with van der Waals surface area (Å²) in [6.07, 6.45) is 7.01. The summed E-state index contributed by atoms with van der Waals surface area (Å²) in [7, 11) is 0. The molecule has 4 nitrogen and oxygen atoms in total. The van der Waals surface area contributed by atoms with E-state index in [1.54, 1.807) is 17.7 Å². The van der Waals surface area contributed by atoms with Gasteiger partial charge in [0, 0.05) is 17.5 Å². The van der Waals surface area contributed by atoms with Crippen LogP contribution in [0.1, 0.15) is 30.6 Å². The highest BCUT2D eigenvalue weighted by Crippen LogP contribution is 2.37. The van der Waals surface area contributed by atoms with Gasteiger partial charge in [0.15, 0.2) is 0 Å². The van der Waals surface area contributed by atoms with Gasteiger partial charge in [0.1, 0.15) is 17.0 Å². The fourth-order valence-corrected chi connectivity index (χ4v) is 4.19. The summed E-state index contributed by atoms with van der Waals surface area (Å²) in [6.45, 7) is 5.63. The van der Waals surface area contributed by atoms with Gasteiger partial charge in [0.2, 0.25) is 0 Å². The van der Waals surface area contributed by atoms with Crippen molar-refractivity contribution < 1.29 is 0 Å². The number of nitrogens with zero attached hydrogens (tertiary/aromatic N) is 3. The van der Waals surface area contributed by atoms with E-state index in [0.29, 0.717) is 6.04 Å². The molecule has 112 valence electrons. The van der Waals surface area contributed by atoms with Gasteiger partial charge in [-0.25, -0.2) is 9.97 Å². The molecule has 1 unspecified atom stereocenters. The Labute approximate surface area is 129 Å². The molecule has 3 heterocycles. The van der Waals surface area contributed by atoms with Crippen LogP contribution < -0.4 is 10.2 Å². The molecule has 1 aliphatic heterocycles. The van der Waals surface area contributed by atoms with E-state index in [1.807, 2.05) is 0 Å². The lowest BCUT2D eigenvalue weighted by Crippen LogP contribution is -2.39. The molecule has 0 spiro atoms. The lowest BCUT2D eigenvalue weighted by atomic mass is 9.99. The third kappa shape index (κ3) is 2.77. The molecule has 0 bridgehead atoms. The second kappa shape index (κ2) is 5.54. The smallest absolute Gasteiger partial charge is 0.141 e. The Morgan fingerprint density at radius 1 is 1.33 bits per heavy atom. The molecule has 1 saturated heterocycles. The van der Waals surface area contributed by atoms with E-state index in [4.69, 9.17) is 0 Å². The van der Waals surface area contributed by atoms with E-state index < -0.39 is 0 Å². The normalized spacial score (nSPS) is 22.6. The zero-order valence-corrected chi connectivity index (χ0v) is 13.3. The maximum Gasteiger partial charge on any atom is 0.141 e. The molecule has 21 heavy (non-hydrogen) atoms. The molecular weight excluding hydrogens is 280 g/mol. The van der Waals surface area contributed by atoms with Gasteiger partial charge in [-0.15, -0.1) is 11.3 Å². The summed E-state index contributed by atoms with van der Waals surface area (Å²) in [5.74, 6) is 1.92. The van der Waals surface area contributed by atoms with Crippen molar-refractivity contribution >= 4 is 27.4 Å². The van der Waals surface area contributed by atoms with Crippen LogP contribution in [0.5, 0.6) is 0 Å². The monoisotopic (exact) mass is 302 g/mol. The average Bonchev–Trinajstić information content (AvgIpc) is 3.26. The van der Waals surface area contributed by atoms with E-state index in [9.17, 15) is 0 Å². The number of fused-ring (bicyclic) bond motifs is 1. The zero-order valence-electron chi connectivity index (χ0n) is 12.5. The molecule has 0 amide bonds. The van der Waals surface area contributed by atoms with Crippen LogP contribution in [-0.2, 0) is 0 Å². The Morgan fingerprint density at radius 3 is 3.00 bits per heavy atom. The first-order valence-electron chi connectivity index (χ1n) is 8.00. The average molecular weight is 302 g/mol. The minimum Gasteiger partial charge on any atom is -0.353 e. The van der Waals surface area contributed by atoms with Crippen molar-refractivity contribution in [1.82, 2.24) is 15.3 Å². The molecule has 1 aliphatic carbocycles. The summed E-state index contributed by atoms with van der Waals surface area (Å²) in [5, 5.41) is 4.78. The summed E-state index contributed by atoms with van der Waals surface area (Å²) >= 11 is 1.77. The molecule has 1 saturated carbocycles. The van der Waals surface area contributed by atoms with E-state index in [1.165, 1.54) is 42.5 Å². The number of hydrogen-bond donors (Lipinski definition) is 1. The number of aromatic nitrogens is 2. The second-order valence-electron chi connectivity index (χ2n) is 6.37. The first-order valence-corrected chi connectivity index (χ1v) is 8.81. The Morgan fingerprint density at radius 2 is 2.24 bits per heavy atom. The van der Waals surface area contributed by atoms with Gasteiger partial charge < -0.3 is 10.2 Å². The predicted molar refractivity (Wildman–Crippen MR) is 88.1 cm³/mol. The van der Waals surface area contributed by atoms with Crippen molar-refractivity contribution in [3.8, 4) is 0 Å². The Hall–Kier alpha value is -1.20. The van der Waals surface area contributed by atoms with Gasteiger partial charge in [-0.05, 0) is 57.7 Å². The Balaban J connectivity index is 1.65. The highest BCUT2D eigenvalue weighted by molar-refractivity contribution is 7.18. The second-order valence-corrected chi connectivity index (χ2v) is 7.60.